The molecule has 0 fully saturated rings. The minimum atomic E-state index is -0.554. The Kier molecular flexibility index (Phi) is 6.05. The van der Waals surface area contributed by atoms with Gasteiger partial charge in [0.25, 0.3) is 5.91 Å². The molecule has 132 valence electrons. The number of nitro benzene ring substituents is 1. The number of hydrazone groups is 1. The number of amides is 1. The molecule has 25 heavy (non-hydrogen) atoms. The van der Waals surface area contributed by atoms with Crippen LogP contribution in [-0.2, 0) is 4.79 Å². The molecule has 1 atom stereocenters. The van der Waals surface area contributed by atoms with Gasteiger partial charge in [0, 0.05) is 6.07 Å². The predicted molar refractivity (Wildman–Crippen MR) is 95.5 cm³/mol. The van der Waals surface area contributed by atoms with E-state index in [9.17, 15) is 14.9 Å². The monoisotopic (exact) mass is 343 g/mol. The van der Waals surface area contributed by atoms with Gasteiger partial charge >= 0.3 is 5.69 Å². The van der Waals surface area contributed by atoms with Crippen LogP contribution >= 0.6 is 0 Å². The van der Waals surface area contributed by atoms with E-state index in [1.807, 2.05) is 13.8 Å². The van der Waals surface area contributed by atoms with Crippen molar-refractivity contribution in [2.45, 2.75) is 26.7 Å². The molecule has 1 aromatic rings. The molecule has 0 aliphatic heterocycles. The normalized spacial score (nSPS) is 18.4. The van der Waals surface area contributed by atoms with Crippen LogP contribution in [0.15, 0.2) is 53.2 Å². The van der Waals surface area contributed by atoms with Crippen molar-refractivity contribution in [2.24, 2.45) is 11.0 Å². The molecule has 1 N–H and O–H groups in total. The van der Waals surface area contributed by atoms with E-state index in [1.165, 1.54) is 18.2 Å². The zero-order valence-corrected chi connectivity index (χ0v) is 14.3. The Morgan fingerprint density at radius 3 is 2.88 bits per heavy atom. The number of nitrogens with zero attached hydrogens (tertiary/aromatic N) is 2. The number of hydrogen-bond acceptors (Lipinski definition) is 5. The number of benzene rings is 1. The zero-order chi connectivity index (χ0) is 18.4. The average Bonchev–Trinajstić information content (AvgIpc) is 2.59. The second kappa shape index (κ2) is 8.23. The molecule has 0 spiro atoms. The van der Waals surface area contributed by atoms with Crippen molar-refractivity contribution in [1.29, 1.82) is 0 Å². The molecule has 0 saturated carbocycles. The minimum Gasteiger partial charge on any atom is -0.477 e. The molecular formula is C18H21N3O4. The maximum Gasteiger partial charge on any atom is 0.310 e. The van der Waals surface area contributed by atoms with Gasteiger partial charge in [0.2, 0.25) is 0 Å². The Morgan fingerprint density at radius 1 is 1.48 bits per heavy atom. The quantitative estimate of drug-likeness (QED) is 0.487. The van der Waals surface area contributed by atoms with Crippen LogP contribution in [-0.4, -0.2) is 23.1 Å². The van der Waals surface area contributed by atoms with Gasteiger partial charge in [0.15, 0.2) is 12.4 Å². The molecule has 7 nitrogen and oxygen atoms in total. The van der Waals surface area contributed by atoms with Crippen molar-refractivity contribution in [1.82, 2.24) is 5.43 Å². The SMILES string of the molecule is C=C(C)[C@H]1CC=C(C)C(=NNC(=O)COc2ccccc2[N+](=O)[O-])C1. The highest BCUT2D eigenvalue weighted by molar-refractivity contribution is 6.01. The molecular weight excluding hydrogens is 322 g/mol. The highest BCUT2D eigenvalue weighted by Crippen LogP contribution is 2.27. The Hall–Kier alpha value is -2.96. The number of ether oxygens (including phenoxy) is 1. The van der Waals surface area contributed by atoms with E-state index >= 15 is 0 Å². The third-order valence-corrected chi connectivity index (χ3v) is 4.04. The Labute approximate surface area is 146 Å². The molecule has 2 rings (SSSR count). The number of nitrogens with one attached hydrogen (secondary N) is 1. The van der Waals surface area contributed by atoms with Crippen molar-refractivity contribution >= 4 is 17.3 Å². The molecule has 0 aromatic heterocycles. The van der Waals surface area contributed by atoms with Gasteiger partial charge < -0.3 is 4.74 Å². The van der Waals surface area contributed by atoms with E-state index in [0.29, 0.717) is 5.92 Å². The molecule has 0 heterocycles. The van der Waals surface area contributed by atoms with Gasteiger partial charge in [0.05, 0.1) is 10.6 Å². The number of nitro groups is 1. The third-order valence-electron chi connectivity index (χ3n) is 4.04. The summed E-state index contributed by atoms with van der Waals surface area (Å²) in [7, 11) is 0. The van der Waals surface area contributed by atoms with Gasteiger partial charge in [-0.3, -0.25) is 14.9 Å². The van der Waals surface area contributed by atoms with Gasteiger partial charge in [-0.25, -0.2) is 5.43 Å². The van der Waals surface area contributed by atoms with E-state index in [1.54, 1.807) is 6.07 Å². The predicted octanol–water partition coefficient (Wildman–Crippen LogP) is 3.38. The van der Waals surface area contributed by atoms with Crippen molar-refractivity contribution in [3.05, 3.63) is 58.2 Å². The fourth-order valence-corrected chi connectivity index (χ4v) is 2.46. The van der Waals surface area contributed by atoms with Crippen LogP contribution in [0.5, 0.6) is 5.75 Å². The average molecular weight is 343 g/mol. The van der Waals surface area contributed by atoms with Crippen LogP contribution in [0.1, 0.15) is 26.7 Å². The van der Waals surface area contributed by atoms with E-state index in [4.69, 9.17) is 4.74 Å². The summed E-state index contributed by atoms with van der Waals surface area (Å²) in [4.78, 5) is 22.3. The highest BCUT2D eigenvalue weighted by atomic mass is 16.6. The molecule has 1 aromatic carbocycles. The number of allylic oxidation sites excluding steroid dienone is 3. The van der Waals surface area contributed by atoms with Gasteiger partial charge in [0.1, 0.15) is 0 Å². The smallest absolute Gasteiger partial charge is 0.310 e. The molecule has 1 aliphatic rings. The lowest BCUT2D eigenvalue weighted by Gasteiger charge is -2.22. The number of hydrogen-bond donors (Lipinski definition) is 1. The van der Waals surface area contributed by atoms with Crippen molar-refractivity contribution < 1.29 is 14.5 Å². The van der Waals surface area contributed by atoms with E-state index < -0.39 is 10.8 Å². The summed E-state index contributed by atoms with van der Waals surface area (Å²) in [5, 5.41) is 15.1. The van der Waals surface area contributed by atoms with E-state index in [2.05, 4.69) is 23.2 Å². The fraction of sp³-hybridized carbons (Fsp3) is 0.333. The van der Waals surface area contributed by atoms with Gasteiger partial charge in [-0.05, 0) is 44.2 Å². The van der Waals surface area contributed by atoms with Gasteiger partial charge in [-0.1, -0.05) is 30.4 Å². The lowest BCUT2D eigenvalue weighted by atomic mass is 9.85. The molecule has 7 heteroatoms. The molecule has 0 unspecified atom stereocenters. The molecule has 1 amide bonds. The van der Waals surface area contributed by atoms with Crippen LogP contribution in [0.4, 0.5) is 5.69 Å². The van der Waals surface area contributed by atoms with E-state index in [-0.39, 0.29) is 18.0 Å². The summed E-state index contributed by atoms with van der Waals surface area (Å²) in [6.07, 6.45) is 3.73. The van der Waals surface area contributed by atoms with Gasteiger partial charge in [-0.2, -0.15) is 5.10 Å². The number of carbonyl (C=O) groups excluding carboxylic acids is 1. The summed E-state index contributed by atoms with van der Waals surface area (Å²) in [5.41, 5.74) is 5.18. The van der Waals surface area contributed by atoms with Crippen LogP contribution < -0.4 is 10.2 Å². The van der Waals surface area contributed by atoms with Crippen molar-refractivity contribution in [3.63, 3.8) is 0 Å². The summed E-state index contributed by atoms with van der Waals surface area (Å²) in [6, 6.07) is 5.91. The maximum atomic E-state index is 11.9. The second-order valence-corrected chi connectivity index (χ2v) is 5.98. The largest absolute Gasteiger partial charge is 0.477 e. The standard InChI is InChI=1S/C18H21N3O4/c1-12(2)14-9-8-13(3)15(10-14)19-20-18(22)11-25-17-7-5-4-6-16(17)21(23)24/h4-8,14H,1,9-11H2,2-3H3,(H,20,22)/t14-/m0/s1. The zero-order valence-electron chi connectivity index (χ0n) is 14.3. The Bertz CT molecular complexity index is 752. The lowest BCUT2D eigenvalue weighted by molar-refractivity contribution is -0.385. The Balaban J connectivity index is 1.95. The lowest BCUT2D eigenvalue weighted by Crippen LogP contribution is -2.27. The van der Waals surface area contributed by atoms with E-state index in [0.717, 1.165) is 29.7 Å². The van der Waals surface area contributed by atoms with Gasteiger partial charge in [-0.15, -0.1) is 0 Å². The van der Waals surface area contributed by atoms with Crippen LogP contribution in [0.3, 0.4) is 0 Å². The minimum absolute atomic E-state index is 0.0476. The molecule has 0 bridgehead atoms. The van der Waals surface area contributed by atoms with Crippen LogP contribution in [0, 0.1) is 16.0 Å². The summed E-state index contributed by atoms with van der Waals surface area (Å²) < 4.78 is 5.23. The van der Waals surface area contributed by atoms with Crippen molar-refractivity contribution in [2.75, 3.05) is 6.61 Å². The number of rotatable bonds is 6. The highest BCUT2D eigenvalue weighted by Gasteiger charge is 2.19. The fourth-order valence-electron chi connectivity index (χ4n) is 2.46. The maximum absolute atomic E-state index is 11.9. The number of carbonyl (C=O) groups is 1. The first-order valence-corrected chi connectivity index (χ1v) is 7.92. The summed E-state index contributed by atoms with van der Waals surface area (Å²) >= 11 is 0. The molecule has 0 saturated heterocycles. The first kappa shape index (κ1) is 18.4. The first-order valence-electron chi connectivity index (χ1n) is 7.92. The topological polar surface area (TPSA) is 93.8 Å². The third kappa shape index (κ3) is 5.00. The van der Waals surface area contributed by atoms with Crippen LogP contribution in [0.25, 0.3) is 0 Å². The van der Waals surface area contributed by atoms with Crippen molar-refractivity contribution in [3.8, 4) is 5.75 Å². The van der Waals surface area contributed by atoms with Crippen LogP contribution in [0.2, 0.25) is 0 Å². The second-order valence-electron chi connectivity index (χ2n) is 5.98. The summed E-state index contributed by atoms with van der Waals surface area (Å²) in [5.74, 6) is -0.107. The number of para-hydroxylation sites is 2. The molecule has 0 radical (unpaired) electrons. The molecule has 1 aliphatic carbocycles. The first-order chi connectivity index (χ1) is 11.9. The summed E-state index contributed by atoms with van der Waals surface area (Å²) in [6.45, 7) is 7.55. The Morgan fingerprint density at radius 2 is 2.20 bits per heavy atom.